The van der Waals surface area contributed by atoms with E-state index >= 15 is 0 Å². The van der Waals surface area contributed by atoms with Gasteiger partial charge in [0.1, 0.15) is 11.0 Å². The first kappa shape index (κ1) is 11.9. The van der Waals surface area contributed by atoms with Crippen LogP contribution in [0.3, 0.4) is 0 Å². The van der Waals surface area contributed by atoms with Gasteiger partial charge < -0.3 is 5.32 Å². The molecule has 16 heavy (non-hydrogen) atoms. The number of aliphatic imine (C=N–C) groups is 1. The molecule has 0 saturated carbocycles. The molecular formula is C11H17N3S2. The number of nitrogens with zero attached hydrogens (tertiary/aromatic N) is 2. The Morgan fingerprint density at radius 1 is 1.56 bits per heavy atom. The molecule has 0 spiro atoms. The normalized spacial score (nSPS) is 24.1. The molecule has 0 amide bonds. The van der Waals surface area contributed by atoms with Crippen LogP contribution in [-0.4, -0.2) is 21.4 Å². The van der Waals surface area contributed by atoms with Crippen LogP contribution in [0.5, 0.6) is 0 Å². The molecule has 0 bridgehead atoms. The smallest absolute Gasteiger partial charge is 0.157 e. The van der Waals surface area contributed by atoms with E-state index in [1.54, 1.807) is 23.1 Å². The van der Waals surface area contributed by atoms with Crippen molar-refractivity contribution >= 4 is 28.3 Å². The second-order valence-corrected chi connectivity index (χ2v) is 6.60. The van der Waals surface area contributed by atoms with Crippen molar-refractivity contribution in [3.8, 4) is 0 Å². The van der Waals surface area contributed by atoms with Crippen molar-refractivity contribution in [1.29, 1.82) is 0 Å². The van der Waals surface area contributed by atoms with Gasteiger partial charge in [0.15, 0.2) is 5.17 Å². The van der Waals surface area contributed by atoms with Crippen LogP contribution in [0.15, 0.2) is 16.6 Å². The number of hydrogen-bond acceptors (Lipinski definition) is 4. The van der Waals surface area contributed by atoms with E-state index in [1.165, 1.54) is 6.42 Å². The van der Waals surface area contributed by atoms with Crippen LogP contribution in [-0.2, 0) is 0 Å². The summed E-state index contributed by atoms with van der Waals surface area (Å²) in [7, 11) is 0. The Morgan fingerprint density at radius 3 is 3.00 bits per heavy atom. The highest BCUT2D eigenvalue weighted by Crippen LogP contribution is 2.25. The molecule has 1 unspecified atom stereocenters. The fourth-order valence-electron chi connectivity index (χ4n) is 1.53. The van der Waals surface area contributed by atoms with Crippen molar-refractivity contribution < 1.29 is 0 Å². The van der Waals surface area contributed by atoms with Crippen LogP contribution in [0, 0.1) is 0 Å². The fraction of sp³-hybridized carbons (Fsp3) is 0.636. The van der Waals surface area contributed by atoms with Crippen LogP contribution in [0.4, 0.5) is 0 Å². The summed E-state index contributed by atoms with van der Waals surface area (Å²) in [5.74, 6) is 1.14. The van der Waals surface area contributed by atoms with Gasteiger partial charge >= 0.3 is 0 Å². The van der Waals surface area contributed by atoms with Gasteiger partial charge in [-0.2, -0.15) is 0 Å². The quantitative estimate of drug-likeness (QED) is 0.882. The maximum atomic E-state index is 4.69. The van der Waals surface area contributed by atoms with Gasteiger partial charge in [-0.15, -0.1) is 11.3 Å². The minimum atomic E-state index is 0.156. The number of thiazole rings is 1. The lowest BCUT2D eigenvalue weighted by molar-refractivity contribution is 0.445. The van der Waals surface area contributed by atoms with Gasteiger partial charge in [-0.3, -0.25) is 4.99 Å². The summed E-state index contributed by atoms with van der Waals surface area (Å²) in [6.07, 6.45) is 3.02. The number of thioether (sulfide) groups is 1. The Bertz CT molecular complexity index is 371. The summed E-state index contributed by atoms with van der Waals surface area (Å²) in [4.78, 5) is 8.98. The van der Waals surface area contributed by atoms with E-state index in [4.69, 9.17) is 4.99 Å². The molecule has 1 N–H and O–H groups in total. The van der Waals surface area contributed by atoms with E-state index in [9.17, 15) is 0 Å². The fourth-order valence-corrected chi connectivity index (χ4v) is 3.55. The highest BCUT2D eigenvalue weighted by atomic mass is 32.2. The van der Waals surface area contributed by atoms with Crippen molar-refractivity contribution in [3.63, 3.8) is 0 Å². The second kappa shape index (κ2) is 4.75. The zero-order valence-electron chi connectivity index (χ0n) is 9.86. The lowest BCUT2D eigenvalue weighted by atomic mass is 10.0. The lowest BCUT2D eigenvalue weighted by Gasteiger charge is -2.32. The predicted octanol–water partition coefficient (Wildman–Crippen LogP) is 3.07. The molecule has 1 aliphatic rings. The molecule has 0 aromatic carbocycles. The molecule has 1 aliphatic heterocycles. The Morgan fingerprint density at radius 2 is 2.38 bits per heavy atom. The molecule has 3 nitrogen and oxygen atoms in total. The van der Waals surface area contributed by atoms with Crippen LogP contribution in [0.25, 0.3) is 0 Å². The standard InChI is InChI=1S/C11H17N3S2/c1-8(9-12-5-7-15-9)13-10-14-11(2,3)4-6-16-10/h5,7-8H,4,6H2,1-3H3,(H,13,14). The maximum absolute atomic E-state index is 4.69. The van der Waals surface area contributed by atoms with Crippen LogP contribution in [0.2, 0.25) is 0 Å². The SMILES string of the molecule is CC(N=C1NC(C)(C)CCS1)c1nccs1. The molecular weight excluding hydrogens is 238 g/mol. The summed E-state index contributed by atoms with van der Waals surface area (Å²) in [5, 5.41) is 7.61. The summed E-state index contributed by atoms with van der Waals surface area (Å²) in [6.45, 7) is 6.53. The third-order valence-electron chi connectivity index (χ3n) is 2.53. The number of nitrogens with one attached hydrogen (secondary N) is 1. The van der Waals surface area contributed by atoms with Gasteiger partial charge in [0.2, 0.25) is 0 Å². The predicted molar refractivity (Wildman–Crippen MR) is 72.3 cm³/mol. The van der Waals surface area contributed by atoms with Gasteiger partial charge in [0.25, 0.3) is 0 Å². The first-order valence-electron chi connectivity index (χ1n) is 5.45. The first-order chi connectivity index (χ1) is 7.57. The van der Waals surface area contributed by atoms with Gasteiger partial charge in [-0.1, -0.05) is 11.8 Å². The van der Waals surface area contributed by atoms with Gasteiger partial charge in [-0.05, 0) is 27.2 Å². The van der Waals surface area contributed by atoms with Gasteiger partial charge in [0, 0.05) is 22.9 Å². The molecule has 0 aliphatic carbocycles. The van der Waals surface area contributed by atoms with Crippen molar-refractivity contribution in [1.82, 2.24) is 10.3 Å². The van der Waals surface area contributed by atoms with Crippen LogP contribution >= 0.6 is 23.1 Å². The summed E-state index contributed by atoms with van der Waals surface area (Å²) >= 11 is 3.47. The molecule has 88 valence electrons. The maximum Gasteiger partial charge on any atom is 0.157 e. The van der Waals surface area contributed by atoms with Crippen LogP contribution in [0.1, 0.15) is 38.2 Å². The number of amidine groups is 1. The highest BCUT2D eigenvalue weighted by Gasteiger charge is 2.24. The Kier molecular flexibility index (Phi) is 3.54. The van der Waals surface area contributed by atoms with Crippen LogP contribution < -0.4 is 5.32 Å². The Balaban J connectivity index is 2.06. The van der Waals surface area contributed by atoms with Crippen molar-refractivity contribution in [2.45, 2.75) is 38.8 Å². The average Bonchev–Trinajstić information content (AvgIpc) is 2.68. The average molecular weight is 255 g/mol. The molecule has 5 heteroatoms. The third kappa shape index (κ3) is 2.98. The van der Waals surface area contributed by atoms with Crippen molar-refractivity contribution in [2.75, 3.05) is 5.75 Å². The lowest BCUT2D eigenvalue weighted by Crippen LogP contribution is -2.46. The zero-order chi connectivity index (χ0) is 11.6. The highest BCUT2D eigenvalue weighted by molar-refractivity contribution is 8.13. The summed E-state index contributed by atoms with van der Waals surface area (Å²) in [6, 6.07) is 0.156. The Labute approximate surface area is 105 Å². The van der Waals surface area contributed by atoms with E-state index in [1.807, 2.05) is 11.6 Å². The number of aromatic nitrogens is 1. The zero-order valence-corrected chi connectivity index (χ0v) is 11.5. The molecule has 1 saturated heterocycles. The van der Waals surface area contributed by atoms with Crippen molar-refractivity contribution in [3.05, 3.63) is 16.6 Å². The van der Waals surface area contributed by atoms with Crippen molar-refractivity contribution in [2.24, 2.45) is 4.99 Å². The van der Waals surface area contributed by atoms with E-state index in [0.29, 0.717) is 0 Å². The van der Waals surface area contributed by atoms with E-state index in [2.05, 4.69) is 31.1 Å². The molecule has 2 rings (SSSR count). The minimum Gasteiger partial charge on any atom is -0.360 e. The minimum absolute atomic E-state index is 0.156. The number of hydrogen-bond donors (Lipinski definition) is 1. The molecule has 0 radical (unpaired) electrons. The largest absolute Gasteiger partial charge is 0.360 e. The van der Waals surface area contributed by atoms with E-state index < -0.39 is 0 Å². The van der Waals surface area contributed by atoms with E-state index in [-0.39, 0.29) is 11.6 Å². The number of rotatable bonds is 2. The summed E-state index contributed by atoms with van der Waals surface area (Å²) < 4.78 is 0. The molecule has 2 heterocycles. The molecule has 1 aromatic rings. The first-order valence-corrected chi connectivity index (χ1v) is 7.31. The monoisotopic (exact) mass is 255 g/mol. The molecule has 1 aromatic heterocycles. The second-order valence-electron chi connectivity index (χ2n) is 4.59. The topological polar surface area (TPSA) is 37.3 Å². The molecule has 1 atom stereocenters. The van der Waals surface area contributed by atoms with Gasteiger partial charge in [-0.25, -0.2) is 4.98 Å². The van der Waals surface area contributed by atoms with E-state index in [0.717, 1.165) is 15.9 Å². The summed E-state index contributed by atoms with van der Waals surface area (Å²) in [5.41, 5.74) is 0.173. The Hall–Kier alpha value is -0.550. The third-order valence-corrected chi connectivity index (χ3v) is 4.37. The van der Waals surface area contributed by atoms with Gasteiger partial charge in [0.05, 0.1) is 0 Å². The molecule has 1 fully saturated rings.